The summed E-state index contributed by atoms with van der Waals surface area (Å²) in [6, 6.07) is 0. The van der Waals surface area contributed by atoms with Crippen molar-refractivity contribution in [3.05, 3.63) is 0 Å². The molecule has 1 aliphatic rings. The van der Waals surface area contributed by atoms with Crippen LogP contribution in [0.15, 0.2) is 5.10 Å². The number of carbonyl (C=O) groups excluding carboxylic acids is 1. The molecule has 0 spiro atoms. The predicted molar refractivity (Wildman–Crippen MR) is 40.1 cm³/mol. The Bertz CT molecular complexity index is 198. The van der Waals surface area contributed by atoms with Crippen LogP contribution >= 0.6 is 11.6 Å². The number of hydrazone groups is 1. The lowest BCUT2D eigenvalue weighted by molar-refractivity contribution is -0.120. The Labute approximate surface area is 64.4 Å². The van der Waals surface area contributed by atoms with Gasteiger partial charge in [0.25, 0.3) is 5.91 Å². The van der Waals surface area contributed by atoms with Crippen LogP contribution in [-0.4, -0.2) is 16.5 Å². The van der Waals surface area contributed by atoms with Gasteiger partial charge in [-0.1, -0.05) is 6.92 Å². The van der Waals surface area contributed by atoms with Gasteiger partial charge in [0.1, 0.15) is 0 Å². The van der Waals surface area contributed by atoms with Gasteiger partial charge in [0.2, 0.25) is 0 Å². The number of halogens is 1. The third kappa shape index (κ3) is 0.904. The first-order chi connectivity index (χ1) is 4.59. The van der Waals surface area contributed by atoms with Crippen LogP contribution in [0.3, 0.4) is 0 Å². The average molecular weight is 161 g/mol. The van der Waals surface area contributed by atoms with Gasteiger partial charge in [-0.15, -0.1) is 11.6 Å². The van der Waals surface area contributed by atoms with Gasteiger partial charge in [0.15, 0.2) is 4.87 Å². The van der Waals surface area contributed by atoms with Gasteiger partial charge in [-0.05, 0) is 13.3 Å². The summed E-state index contributed by atoms with van der Waals surface area (Å²) < 4.78 is 0. The molecular weight excluding hydrogens is 152 g/mol. The van der Waals surface area contributed by atoms with Crippen molar-refractivity contribution in [2.75, 3.05) is 0 Å². The molecule has 1 unspecified atom stereocenters. The maximum Gasteiger partial charge on any atom is 0.266 e. The molecule has 0 aliphatic carbocycles. The van der Waals surface area contributed by atoms with Crippen molar-refractivity contribution < 1.29 is 4.79 Å². The van der Waals surface area contributed by atoms with Crippen molar-refractivity contribution in [3.8, 4) is 0 Å². The first-order valence-electron chi connectivity index (χ1n) is 3.15. The van der Waals surface area contributed by atoms with Crippen LogP contribution in [0.2, 0.25) is 0 Å². The van der Waals surface area contributed by atoms with Gasteiger partial charge < -0.3 is 0 Å². The molecule has 1 atom stereocenters. The molecule has 4 heteroatoms. The van der Waals surface area contributed by atoms with Gasteiger partial charge >= 0.3 is 0 Å². The Hall–Kier alpha value is -0.570. The summed E-state index contributed by atoms with van der Waals surface area (Å²) in [5, 5.41) is 3.77. The minimum absolute atomic E-state index is 0.231. The number of amides is 1. The summed E-state index contributed by atoms with van der Waals surface area (Å²) in [5.74, 6) is -0.231. The molecule has 0 saturated heterocycles. The topological polar surface area (TPSA) is 41.5 Å². The Morgan fingerprint density at radius 1 is 1.80 bits per heavy atom. The molecule has 10 heavy (non-hydrogen) atoms. The smallest absolute Gasteiger partial charge is 0.266 e. The Morgan fingerprint density at radius 3 is 2.60 bits per heavy atom. The normalized spacial score (nSPS) is 31.9. The van der Waals surface area contributed by atoms with E-state index in [2.05, 4.69) is 10.5 Å². The van der Waals surface area contributed by atoms with Gasteiger partial charge in [0.05, 0.1) is 5.71 Å². The van der Waals surface area contributed by atoms with E-state index < -0.39 is 4.87 Å². The molecule has 0 aromatic rings. The van der Waals surface area contributed by atoms with Crippen molar-refractivity contribution >= 4 is 23.2 Å². The van der Waals surface area contributed by atoms with E-state index in [9.17, 15) is 4.79 Å². The molecule has 0 radical (unpaired) electrons. The van der Waals surface area contributed by atoms with Crippen LogP contribution in [0.25, 0.3) is 0 Å². The first-order valence-corrected chi connectivity index (χ1v) is 3.53. The maximum atomic E-state index is 10.9. The van der Waals surface area contributed by atoms with Crippen LogP contribution in [0, 0.1) is 0 Å². The molecule has 56 valence electrons. The third-order valence-corrected chi connectivity index (χ3v) is 1.99. The number of hydrogen-bond acceptors (Lipinski definition) is 2. The molecule has 1 rings (SSSR count). The van der Waals surface area contributed by atoms with Crippen LogP contribution in [0.4, 0.5) is 0 Å². The Morgan fingerprint density at radius 2 is 2.40 bits per heavy atom. The quantitative estimate of drug-likeness (QED) is 0.569. The lowest BCUT2D eigenvalue weighted by Crippen LogP contribution is -2.36. The van der Waals surface area contributed by atoms with E-state index in [1.54, 1.807) is 6.92 Å². The van der Waals surface area contributed by atoms with E-state index in [-0.39, 0.29) is 5.91 Å². The monoisotopic (exact) mass is 160 g/mol. The number of alkyl halides is 1. The molecule has 0 aromatic carbocycles. The Kier molecular flexibility index (Phi) is 1.68. The van der Waals surface area contributed by atoms with E-state index in [0.717, 1.165) is 0 Å². The number of nitrogens with one attached hydrogen (secondary N) is 1. The minimum Gasteiger partial charge on any atom is -0.271 e. The highest BCUT2D eigenvalue weighted by atomic mass is 35.5. The average Bonchev–Trinajstić information content (AvgIpc) is 2.10. The fourth-order valence-corrected chi connectivity index (χ4v) is 1.09. The summed E-state index contributed by atoms with van der Waals surface area (Å²) in [4.78, 5) is 10.00. The molecule has 1 N–H and O–H groups in total. The first kappa shape index (κ1) is 7.54. The van der Waals surface area contributed by atoms with E-state index >= 15 is 0 Å². The van der Waals surface area contributed by atoms with E-state index in [4.69, 9.17) is 11.6 Å². The third-order valence-electron chi connectivity index (χ3n) is 1.60. The molecule has 1 amide bonds. The van der Waals surface area contributed by atoms with Crippen LogP contribution in [0.1, 0.15) is 20.3 Å². The van der Waals surface area contributed by atoms with Crippen molar-refractivity contribution in [2.45, 2.75) is 25.1 Å². The minimum atomic E-state index is -0.908. The fraction of sp³-hybridized carbons (Fsp3) is 0.667. The lowest BCUT2D eigenvalue weighted by atomic mass is 10.0. The number of nitrogens with zero attached hydrogens (tertiary/aromatic N) is 1. The second-order valence-electron chi connectivity index (χ2n) is 2.36. The van der Waals surface area contributed by atoms with Crippen LogP contribution < -0.4 is 5.43 Å². The summed E-state index contributed by atoms with van der Waals surface area (Å²) >= 11 is 5.84. The van der Waals surface area contributed by atoms with Crippen molar-refractivity contribution in [2.24, 2.45) is 5.10 Å². The van der Waals surface area contributed by atoms with E-state index in [1.807, 2.05) is 6.92 Å². The maximum absolute atomic E-state index is 10.9. The molecule has 1 heterocycles. The van der Waals surface area contributed by atoms with Crippen LogP contribution in [-0.2, 0) is 4.79 Å². The predicted octanol–water partition coefficient (Wildman–Crippen LogP) is 0.880. The number of hydrogen-bond donors (Lipinski definition) is 1. The number of carbonyl (C=O) groups is 1. The van der Waals surface area contributed by atoms with Crippen molar-refractivity contribution in [1.82, 2.24) is 5.43 Å². The SMILES string of the molecule is CCC1=NNC(=O)C1(C)Cl. The molecule has 3 nitrogen and oxygen atoms in total. The summed E-state index contributed by atoms with van der Waals surface area (Å²) in [5.41, 5.74) is 3.04. The van der Waals surface area contributed by atoms with E-state index in [0.29, 0.717) is 12.1 Å². The molecule has 0 bridgehead atoms. The van der Waals surface area contributed by atoms with E-state index in [1.165, 1.54) is 0 Å². The highest BCUT2D eigenvalue weighted by Crippen LogP contribution is 2.22. The van der Waals surface area contributed by atoms with Crippen LogP contribution in [0.5, 0.6) is 0 Å². The molecule has 0 aromatic heterocycles. The molecule has 0 fully saturated rings. The lowest BCUT2D eigenvalue weighted by Gasteiger charge is -2.11. The second kappa shape index (κ2) is 2.23. The second-order valence-corrected chi connectivity index (χ2v) is 3.11. The molecule has 1 aliphatic heterocycles. The molecular formula is C6H9ClN2O. The van der Waals surface area contributed by atoms with Crippen molar-refractivity contribution in [3.63, 3.8) is 0 Å². The summed E-state index contributed by atoms with van der Waals surface area (Å²) in [7, 11) is 0. The zero-order chi connectivity index (χ0) is 7.78. The highest BCUT2D eigenvalue weighted by Gasteiger charge is 2.39. The molecule has 0 saturated carbocycles. The standard InChI is InChI=1S/C6H9ClN2O/c1-3-4-6(2,7)5(10)9-8-4/h3H2,1-2H3,(H,9,10). The van der Waals surface area contributed by atoms with Gasteiger partial charge in [-0.3, -0.25) is 4.79 Å². The summed E-state index contributed by atoms with van der Waals surface area (Å²) in [6.45, 7) is 3.57. The van der Waals surface area contributed by atoms with Gasteiger partial charge in [-0.2, -0.15) is 5.10 Å². The fourth-order valence-electron chi connectivity index (χ4n) is 0.870. The van der Waals surface area contributed by atoms with Gasteiger partial charge in [0, 0.05) is 0 Å². The van der Waals surface area contributed by atoms with Gasteiger partial charge in [-0.25, -0.2) is 5.43 Å². The highest BCUT2D eigenvalue weighted by molar-refractivity contribution is 6.48. The number of rotatable bonds is 1. The zero-order valence-electron chi connectivity index (χ0n) is 5.94. The largest absolute Gasteiger partial charge is 0.271 e. The Balaban J connectivity index is 2.87. The van der Waals surface area contributed by atoms with Crippen molar-refractivity contribution in [1.29, 1.82) is 0 Å². The zero-order valence-corrected chi connectivity index (χ0v) is 6.70. The summed E-state index contributed by atoms with van der Waals surface area (Å²) in [6.07, 6.45) is 0.707.